The normalized spacial score (nSPS) is 22.8. The van der Waals surface area contributed by atoms with Gasteiger partial charge in [-0.05, 0) is 19.9 Å². The lowest BCUT2D eigenvalue weighted by atomic mass is 10.1. The largest absolute Gasteiger partial charge is 0.452 e. The molecule has 1 rings (SSSR count). The maximum atomic E-state index is 4.98. The molecule has 0 amide bonds. The van der Waals surface area contributed by atoms with E-state index < -0.39 is 0 Å². The number of hydrogen-bond donors (Lipinski definition) is 0. The van der Waals surface area contributed by atoms with Gasteiger partial charge in [0, 0.05) is 6.92 Å². The Morgan fingerprint density at radius 2 is 2.22 bits per heavy atom. The predicted octanol–water partition coefficient (Wildman–Crippen LogP) is 1.73. The third-order valence-corrected chi connectivity index (χ3v) is 1.16. The first-order valence-corrected chi connectivity index (χ1v) is 3.01. The predicted molar refractivity (Wildman–Crippen MR) is 37.4 cm³/mol. The highest BCUT2D eigenvalue weighted by molar-refractivity contribution is 5.75. The zero-order valence-corrected chi connectivity index (χ0v) is 6.01. The standard InChI is InChI=1S/C7H11NO/c1-6-8-7(2,3)4-5-9-6/h4-5H,1-3H3. The third-order valence-electron chi connectivity index (χ3n) is 1.16. The van der Waals surface area contributed by atoms with Crippen molar-refractivity contribution in [2.45, 2.75) is 26.3 Å². The van der Waals surface area contributed by atoms with Crippen LogP contribution in [0.3, 0.4) is 0 Å². The van der Waals surface area contributed by atoms with Crippen LogP contribution in [-0.2, 0) is 4.74 Å². The first-order chi connectivity index (χ1) is 4.10. The number of hydrogen-bond acceptors (Lipinski definition) is 2. The maximum Gasteiger partial charge on any atom is 0.186 e. The third kappa shape index (κ3) is 1.56. The second-order valence-corrected chi connectivity index (χ2v) is 2.71. The molecular weight excluding hydrogens is 114 g/mol. The fourth-order valence-corrected chi connectivity index (χ4v) is 0.768. The molecule has 2 heteroatoms. The Hall–Kier alpha value is -0.790. The van der Waals surface area contributed by atoms with Gasteiger partial charge in [-0.25, -0.2) is 4.99 Å². The lowest BCUT2D eigenvalue weighted by Gasteiger charge is -2.18. The van der Waals surface area contributed by atoms with E-state index in [-0.39, 0.29) is 5.54 Å². The minimum atomic E-state index is -0.0671. The van der Waals surface area contributed by atoms with E-state index in [1.54, 1.807) is 6.26 Å². The Morgan fingerprint density at radius 3 is 2.56 bits per heavy atom. The number of aliphatic imine (C=N–C) groups is 1. The van der Waals surface area contributed by atoms with Crippen LogP contribution in [-0.4, -0.2) is 11.4 Å². The van der Waals surface area contributed by atoms with Gasteiger partial charge in [-0.1, -0.05) is 0 Å². The van der Waals surface area contributed by atoms with Crippen molar-refractivity contribution in [1.82, 2.24) is 0 Å². The summed E-state index contributed by atoms with van der Waals surface area (Å²) in [4.78, 5) is 4.22. The summed E-state index contributed by atoms with van der Waals surface area (Å²) in [5.41, 5.74) is -0.0671. The Morgan fingerprint density at radius 1 is 1.56 bits per heavy atom. The number of rotatable bonds is 0. The van der Waals surface area contributed by atoms with E-state index in [9.17, 15) is 0 Å². The molecular formula is C7H11NO. The van der Waals surface area contributed by atoms with Crippen LogP contribution in [0.2, 0.25) is 0 Å². The molecule has 0 spiro atoms. The van der Waals surface area contributed by atoms with E-state index in [1.807, 2.05) is 26.8 Å². The van der Waals surface area contributed by atoms with E-state index in [0.29, 0.717) is 0 Å². The van der Waals surface area contributed by atoms with Crippen molar-refractivity contribution in [1.29, 1.82) is 0 Å². The first-order valence-electron chi connectivity index (χ1n) is 3.01. The van der Waals surface area contributed by atoms with Gasteiger partial charge >= 0.3 is 0 Å². The van der Waals surface area contributed by atoms with Crippen LogP contribution in [0.4, 0.5) is 0 Å². The molecule has 0 radical (unpaired) electrons. The van der Waals surface area contributed by atoms with Gasteiger partial charge in [0.05, 0.1) is 11.8 Å². The summed E-state index contributed by atoms with van der Waals surface area (Å²) in [7, 11) is 0. The molecule has 0 N–H and O–H groups in total. The molecule has 9 heavy (non-hydrogen) atoms. The lowest BCUT2D eigenvalue weighted by molar-refractivity contribution is 0.424. The highest BCUT2D eigenvalue weighted by atomic mass is 16.5. The van der Waals surface area contributed by atoms with Crippen molar-refractivity contribution in [2.24, 2.45) is 4.99 Å². The molecule has 0 fully saturated rings. The second kappa shape index (κ2) is 1.87. The Balaban J connectivity index is 2.78. The van der Waals surface area contributed by atoms with Gasteiger partial charge in [0.2, 0.25) is 0 Å². The zero-order valence-electron chi connectivity index (χ0n) is 6.01. The topological polar surface area (TPSA) is 21.6 Å². The Bertz CT molecular complexity index is 168. The molecule has 0 aromatic rings. The van der Waals surface area contributed by atoms with Crippen molar-refractivity contribution in [3.63, 3.8) is 0 Å². The van der Waals surface area contributed by atoms with E-state index in [0.717, 1.165) is 5.90 Å². The summed E-state index contributed by atoms with van der Waals surface area (Å²) in [5.74, 6) is 0.738. The molecule has 0 unspecified atom stereocenters. The number of ether oxygens (including phenoxy) is 1. The average Bonchev–Trinajstić information content (AvgIpc) is 1.60. The molecule has 0 aromatic carbocycles. The second-order valence-electron chi connectivity index (χ2n) is 2.71. The quantitative estimate of drug-likeness (QED) is 0.483. The monoisotopic (exact) mass is 125 g/mol. The van der Waals surface area contributed by atoms with Gasteiger partial charge in [0.1, 0.15) is 0 Å². The molecule has 0 saturated carbocycles. The molecule has 0 saturated heterocycles. The van der Waals surface area contributed by atoms with Gasteiger partial charge in [0.15, 0.2) is 5.90 Å². The van der Waals surface area contributed by atoms with E-state index in [4.69, 9.17) is 4.74 Å². The molecule has 2 nitrogen and oxygen atoms in total. The molecule has 0 atom stereocenters. The summed E-state index contributed by atoms with van der Waals surface area (Å²) in [6.07, 6.45) is 3.61. The van der Waals surface area contributed by atoms with Crippen molar-refractivity contribution in [3.8, 4) is 0 Å². The Kier molecular flexibility index (Phi) is 1.31. The molecule has 1 aliphatic rings. The minimum Gasteiger partial charge on any atom is -0.452 e. The van der Waals surface area contributed by atoms with Crippen LogP contribution < -0.4 is 0 Å². The van der Waals surface area contributed by atoms with Crippen molar-refractivity contribution in [3.05, 3.63) is 12.3 Å². The van der Waals surface area contributed by atoms with Crippen LogP contribution in [0.1, 0.15) is 20.8 Å². The van der Waals surface area contributed by atoms with E-state index in [2.05, 4.69) is 4.99 Å². The summed E-state index contributed by atoms with van der Waals surface area (Å²) in [6, 6.07) is 0. The first kappa shape index (κ1) is 6.33. The summed E-state index contributed by atoms with van der Waals surface area (Å²) in [6.45, 7) is 5.93. The van der Waals surface area contributed by atoms with Gasteiger partial charge < -0.3 is 4.74 Å². The summed E-state index contributed by atoms with van der Waals surface area (Å²) < 4.78 is 4.98. The minimum absolute atomic E-state index is 0.0671. The molecule has 50 valence electrons. The van der Waals surface area contributed by atoms with Gasteiger partial charge in [-0.3, -0.25) is 0 Å². The molecule has 1 heterocycles. The fraction of sp³-hybridized carbons (Fsp3) is 0.571. The van der Waals surface area contributed by atoms with Gasteiger partial charge in [-0.2, -0.15) is 0 Å². The molecule has 0 aliphatic carbocycles. The van der Waals surface area contributed by atoms with E-state index in [1.165, 1.54) is 0 Å². The zero-order chi connectivity index (χ0) is 6.91. The van der Waals surface area contributed by atoms with Crippen LogP contribution in [0.5, 0.6) is 0 Å². The lowest BCUT2D eigenvalue weighted by Crippen LogP contribution is -2.19. The van der Waals surface area contributed by atoms with Crippen LogP contribution in [0.25, 0.3) is 0 Å². The van der Waals surface area contributed by atoms with Crippen molar-refractivity contribution >= 4 is 5.90 Å². The van der Waals surface area contributed by atoms with Crippen LogP contribution in [0.15, 0.2) is 17.3 Å². The highest BCUT2D eigenvalue weighted by Gasteiger charge is 2.15. The number of nitrogens with zero attached hydrogens (tertiary/aromatic N) is 1. The summed E-state index contributed by atoms with van der Waals surface area (Å²) in [5, 5.41) is 0. The van der Waals surface area contributed by atoms with Crippen molar-refractivity contribution < 1.29 is 4.74 Å². The molecule has 0 aromatic heterocycles. The SMILES string of the molecule is CC1=NC(C)(C)C=CO1. The van der Waals surface area contributed by atoms with Crippen molar-refractivity contribution in [2.75, 3.05) is 0 Å². The van der Waals surface area contributed by atoms with E-state index >= 15 is 0 Å². The van der Waals surface area contributed by atoms with Crippen LogP contribution >= 0.6 is 0 Å². The highest BCUT2D eigenvalue weighted by Crippen LogP contribution is 2.14. The maximum absolute atomic E-state index is 4.98. The Labute approximate surface area is 55.2 Å². The fourth-order valence-electron chi connectivity index (χ4n) is 0.768. The molecule has 1 aliphatic heterocycles. The van der Waals surface area contributed by atoms with Gasteiger partial charge in [0.25, 0.3) is 0 Å². The summed E-state index contributed by atoms with van der Waals surface area (Å²) >= 11 is 0. The smallest absolute Gasteiger partial charge is 0.186 e. The van der Waals surface area contributed by atoms with Gasteiger partial charge in [-0.15, -0.1) is 0 Å². The average molecular weight is 125 g/mol. The van der Waals surface area contributed by atoms with Crippen LogP contribution in [0, 0.1) is 0 Å². The molecule has 0 bridgehead atoms.